The van der Waals surface area contributed by atoms with Crippen LogP contribution in [-0.2, 0) is 38.8 Å². The number of carbonyl (C=O) groups is 1. The van der Waals surface area contributed by atoms with Crippen molar-refractivity contribution in [1.82, 2.24) is 25.3 Å². The minimum absolute atomic E-state index is 0.224. The predicted octanol–water partition coefficient (Wildman–Crippen LogP) is 2.24. The molecule has 0 fully saturated rings. The normalized spacial score (nSPS) is 19.7. The van der Waals surface area contributed by atoms with Crippen molar-refractivity contribution in [2.75, 3.05) is 0 Å². The van der Waals surface area contributed by atoms with Gasteiger partial charge in [0.05, 0.1) is 5.69 Å². The average Bonchev–Trinajstić information content (AvgIpc) is 3.12. The minimum atomic E-state index is -0.924. The van der Waals surface area contributed by atoms with Crippen LogP contribution in [0, 0.1) is 0 Å². The van der Waals surface area contributed by atoms with Gasteiger partial charge in [0.25, 0.3) is 0 Å². The van der Waals surface area contributed by atoms with Crippen molar-refractivity contribution in [3.05, 3.63) is 33.9 Å². The van der Waals surface area contributed by atoms with Crippen LogP contribution in [0.3, 0.4) is 0 Å². The molecule has 2 aliphatic carbocycles. The average molecular weight is 357 g/mol. The SMILES string of the molecule is CCn1nc(C(=O)O)c2c1CC[C@@H](NCc1n[nH]c3c1CCCCC3)C2. The molecule has 140 valence electrons. The molecule has 0 amide bonds. The third kappa shape index (κ3) is 3.16. The van der Waals surface area contributed by atoms with Crippen LogP contribution in [0.1, 0.15) is 71.3 Å². The molecule has 2 aromatic rings. The van der Waals surface area contributed by atoms with E-state index in [4.69, 9.17) is 0 Å². The zero-order valence-electron chi connectivity index (χ0n) is 15.3. The van der Waals surface area contributed by atoms with Gasteiger partial charge in [0.1, 0.15) is 0 Å². The molecular weight excluding hydrogens is 330 g/mol. The van der Waals surface area contributed by atoms with Gasteiger partial charge < -0.3 is 10.4 Å². The van der Waals surface area contributed by atoms with E-state index in [1.165, 1.54) is 30.5 Å². The number of aromatic amines is 1. The number of hydrogen-bond acceptors (Lipinski definition) is 4. The van der Waals surface area contributed by atoms with Crippen LogP contribution in [0.4, 0.5) is 0 Å². The van der Waals surface area contributed by atoms with E-state index >= 15 is 0 Å². The van der Waals surface area contributed by atoms with Crippen molar-refractivity contribution in [3.8, 4) is 0 Å². The van der Waals surface area contributed by atoms with Crippen LogP contribution >= 0.6 is 0 Å². The highest BCUT2D eigenvalue weighted by atomic mass is 16.4. The van der Waals surface area contributed by atoms with E-state index in [1.54, 1.807) is 0 Å². The smallest absolute Gasteiger partial charge is 0.356 e. The second-order valence-electron chi connectivity index (χ2n) is 7.40. The Kier molecular flexibility index (Phi) is 4.80. The fourth-order valence-corrected chi connectivity index (χ4v) is 4.41. The Hall–Kier alpha value is -2.15. The molecule has 0 spiro atoms. The lowest BCUT2D eigenvalue weighted by atomic mass is 9.91. The summed E-state index contributed by atoms with van der Waals surface area (Å²) in [7, 11) is 0. The Morgan fingerprint density at radius 1 is 1.27 bits per heavy atom. The summed E-state index contributed by atoms with van der Waals surface area (Å²) in [5, 5.41) is 25.1. The lowest BCUT2D eigenvalue weighted by molar-refractivity contribution is 0.0688. The van der Waals surface area contributed by atoms with Crippen molar-refractivity contribution < 1.29 is 9.90 Å². The molecule has 2 heterocycles. The maximum absolute atomic E-state index is 11.5. The van der Waals surface area contributed by atoms with Gasteiger partial charge in [0, 0.05) is 36.1 Å². The molecule has 7 heteroatoms. The third-order valence-electron chi connectivity index (χ3n) is 5.80. The molecule has 2 aromatic heterocycles. The van der Waals surface area contributed by atoms with Gasteiger partial charge in [-0.15, -0.1) is 0 Å². The highest BCUT2D eigenvalue weighted by Crippen LogP contribution is 2.26. The van der Waals surface area contributed by atoms with E-state index in [0.29, 0.717) is 6.54 Å². The van der Waals surface area contributed by atoms with Crippen LogP contribution < -0.4 is 5.32 Å². The number of carboxylic acid groups (broad SMARTS) is 1. The molecule has 26 heavy (non-hydrogen) atoms. The first-order chi connectivity index (χ1) is 12.7. The number of nitrogens with one attached hydrogen (secondary N) is 2. The van der Waals surface area contributed by atoms with Crippen molar-refractivity contribution in [2.45, 2.75) is 77.4 Å². The van der Waals surface area contributed by atoms with E-state index in [1.807, 2.05) is 11.6 Å². The van der Waals surface area contributed by atoms with E-state index in [-0.39, 0.29) is 11.7 Å². The van der Waals surface area contributed by atoms with E-state index in [0.717, 1.165) is 55.6 Å². The van der Waals surface area contributed by atoms with E-state index in [9.17, 15) is 9.90 Å². The highest BCUT2D eigenvalue weighted by molar-refractivity contribution is 5.87. The van der Waals surface area contributed by atoms with Gasteiger partial charge in [-0.2, -0.15) is 10.2 Å². The third-order valence-corrected chi connectivity index (χ3v) is 5.80. The lowest BCUT2D eigenvalue weighted by Crippen LogP contribution is -2.35. The van der Waals surface area contributed by atoms with E-state index in [2.05, 4.69) is 20.6 Å². The maximum atomic E-state index is 11.5. The van der Waals surface area contributed by atoms with Crippen molar-refractivity contribution in [3.63, 3.8) is 0 Å². The predicted molar refractivity (Wildman–Crippen MR) is 97.4 cm³/mol. The van der Waals surface area contributed by atoms with Crippen LogP contribution in [0.2, 0.25) is 0 Å². The molecule has 1 atom stereocenters. The van der Waals surface area contributed by atoms with Gasteiger partial charge in [-0.3, -0.25) is 9.78 Å². The quantitative estimate of drug-likeness (QED) is 0.713. The van der Waals surface area contributed by atoms with Crippen LogP contribution in [-0.4, -0.2) is 37.1 Å². The summed E-state index contributed by atoms with van der Waals surface area (Å²) in [4.78, 5) is 11.5. The number of aromatic carboxylic acids is 1. The molecular formula is C19H27N5O2. The molecule has 7 nitrogen and oxygen atoms in total. The fraction of sp³-hybridized carbons (Fsp3) is 0.632. The molecule has 0 aliphatic heterocycles. The summed E-state index contributed by atoms with van der Waals surface area (Å²) in [5.41, 5.74) is 6.07. The molecule has 0 unspecified atom stereocenters. The first kappa shape index (κ1) is 17.3. The molecule has 0 aromatic carbocycles. The minimum Gasteiger partial charge on any atom is -0.476 e. The Labute approximate surface area is 153 Å². The summed E-state index contributed by atoms with van der Waals surface area (Å²) in [6.45, 7) is 3.47. The van der Waals surface area contributed by atoms with Gasteiger partial charge in [-0.1, -0.05) is 6.42 Å². The Morgan fingerprint density at radius 2 is 2.12 bits per heavy atom. The summed E-state index contributed by atoms with van der Waals surface area (Å²) in [6.07, 6.45) is 8.60. The summed E-state index contributed by atoms with van der Waals surface area (Å²) >= 11 is 0. The van der Waals surface area contributed by atoms with Crippen molar-refractivity contribution in [2.24, 2.45) is 0 Å². The molecule has 0 bridgehead atoms. The van der Waals surface area contributed by atoms with Gasteiger partial charge >= 0.3 is 5.97 Å². The zero-order valence-corrected chi connectivity index (χ0v) is 15.3. The number of H-pyrrole nitrogens is 1. The largest absolute Gasteiger partial charge is 0.476 e. The second-order valence-corrected chi connectivity index (χ2v) is 7.40. The Balaban J connectivity index is 1.46. The number of aryl methyl sites for hydroxylation is 2. The van der Waals surface area contributed by atoms with Crippen molar-refractivity contribution in [1.29, 1.82) is 0 Å². The van der Waals surface area contributed by atoms with E-state index < -0.39 is 5.97 Å². The summed E-state index contributed by atoms with van der Waals surface area (Å²) in [6, 6.07) is 0.272. The maximum Gasteiger partial charge on any atom is 0.356 e. The molecule has 0 saturated carbocycles. The standard InChI is InChI=1S/C19H27N5O2/c1-2-24-17-9-8-12(10-14(17)18(23-24)19(25)26)20-11-16-13-6-4-3-5-7-15(13)21-22-16/h12,20H,2-11H2,1H3,(H,21,22)(H,25,26)/t12-/m1/s1. The van der Waals surface area contributed by atoms with Gasteiger partial charge in [0.15, 0.2) is 5.69 Å². The number of aromatic nitrogens is 4. The number of fused-ring (bicyclic) bond motifs is 2. The molecule has 2 aliphatic rings. The van der Waals surface area contributed by atoms with Gasteiger partial charge in [0.2, 0.25) is 0 Å². The zero-order chi connectivity index (χ0) is 18.1. The van der Waals surface area contributed by atoms with Crippen LogP contribution in [0.5, 0.6) is 0 Å². The van der Waals surface area contributed by atoms with Crippen LogP contribution in [0.15, 0.2) is 0 Å². The number of carboxylic acids is 1. The first-order valence-electron chi connectivity index (χ1n) is 9.77. The fourth-order valence-electron chi connectivity index (χ4n) is 4.41. The molecule has 4 rings (SSSR count). The van der Waals surface area contributed by atoms with Gasteiger partial charge in [-0.05, 0) is 57.4 Å². The lowest BCUT2D eigenvalue weighted by Gasteiger charge is -2.24. The van der Waals surface area contributed by atoms with Gasteiger partial charge in [-0.25, -0.2) is 4.79 Å². The summed E-state index contributed by atoms with van der Waals surface area (Å²) < 4.78 is 1.85. The first-order valence-corrected chi connectivity index (χ1v) is 9.77. The molecule has 0 saturated heterocycles. The van der Waals surface area contributed by atoms with Crippen LogP contribution in [0.25, 0.3) is 0 Å². The number of nitrogens with zero attached hydrogens (tertiary/aromatic N) is 3. The topological polar surface area (TPSA) is 95.8 Å². The number of rotatable bonds is 5. The number of hydrogen-bond donors (Lipinski definition) is 3. The second kappa shape index (κ2) is 7.23. The monoisotopic (exact) mass is 357 g/mol. The summed E-state index contributed by atoms with van der Waals surface area (Å²) in [5.74, 6) is -0.924. The Morgan fingerprint density at radius 3 is 2.92 bits per heavy atom. The Bertz CT molecular complexity index is 807. The highest BCUT2D eigenvalue weighted by Gasteiger charge is 2.28. The van der Waals surface area contributed by atoms with Crippen molar-refractivity contribution >= 4 is 5.97 Å². The molecule has 3 N–H and O–H groups in total. The molecule has 0 radical (unpaired) electrons.